The minimum atomic E-state index is -0.813. The van der Waals surface area contributed by atoms with Gasteiger partial charge in [0.05, 0.1) is 31.5 Å². The molecular weight excluding hydrogens is 510 g/mol. The van der Waals surface area contributed by atoms with Crippen molar-refractivity contribution < 1.29 is 28.6 Å². The lowest BCUT2D eigenvalue weighted by Gasteiger charge is -2.22. The van der Waals surface area contributed by atoms with E-state index in [1.807, 2.05) is 42.5 Å². The zero-order valence-corrected chi connectivity index (χ0v) is 22.8. The first-order chi connectivity index (χ1) is 19.5. The number of alkyl carbamates (subject to hydrolysis) is 1. The molecule has 3 heterocycles. The summed E-state index contributed by atoms with van der Waals surface area (Å²) in [5, 5.41) is 3.41. The second kappa shape index (κ2) is 12.8. The zero-order valence-electron chi connectivity index (χ0n) is 22.8. The van der Waals surface area contributed by atoms with Crippen LogP contribution in [-0.4, -0.2) is 66.8 Å². The van der Waals surface area contributed by atoms with Crippen LogP contribution in [-0.2, 0) is 25.5 Å². The van der Waals surface area contributed by atoms with Gasteiger partial charge in [-0.15, -0.1) is 0 Å². The van der Waals surface area contributed by atoms with E-state index in [1.54, 1.807) is 0 Å². The van der Waals surface area contributed by atoms with Crippen LogP contribution in [0.25, 0.3) is 22.2 Å². The Morgan fingerprint density at radius 1 is 1.02 bits per heavy atom. The van der Waals surface area contributed by atoms with Crippen molar-refractivity contribution in [2.75, 3.05) is 26.8 Å². The zero-order chi connectivity index (χ0) is 27.9. The number of nitrogens with zero attached hydrogens (tertiary/aromatic N) is 2. The summed E-state index contributed by atoms with van der Waals surface area (Å²) in [4.78, 5) is 44.1. The summed E-state index contributed by atoms with van der Waals surface area (Å²) in [6.45, 7) is 0.202. The third-order valence-corrected chi connectivity index (χ3v) is 7.48. The average molecular weight is 546 g/mol. The van der Waals surface area contributed by atoms with Gasteiger partial charge in [-0.1, -0.05) is 55.7 Å². The minimum Gasteiger partial charge on any atom is -0.488 e. The molecule has 210 valence electrons. The van der Waals surface area contributed by atoms with Gasteiger partial charge in [-0.05, 0) is 37.0 Å². The van der Waals surface area contributed by atoms with Crippen LogP contribution in [0.15, 0.2) is 54.6 Å². The lowest BCUT2D eigenvalue weighted by atomic mass is 10.0. The molecule has 2 amide bonds. The van der Waals surface area contributed by atoms with E-state index < -0.39 is 30.1 Å². The van der Waals surface area contributed by atoms with Crippen molar-refractivity contribution >= 4 is 28.9 Å². The highest BCUT2D eigenvalue weighted by Gasteiger charge is 2.41. The van der Waals surface area contributed by atoms with Crippen molar-refractivity contribution in [3.63, 3.8) is 0 Å². The molecule has 1 aromatic heterocycles. The summed E-state index contributed by atoms with van der Waals surface area (Å²) in [6.07, 6.45) is 5.03. The fraction of sp³-hybridized carbons (Fsp3) is 0.419. The maximum Gasteiger partial charge on any atom is 0.407 e. The number of methoxy groups -OCH3 is 1. The molecule has 40 heavy (non-hydrogen) atoms. The molecule has 2 aliphatic heterocycles. The Bertz CT molecular complexity index is 1360. The third kappa shape index (κ3) is 6.52. The van der Waals surface area contributed by atoms with Crippen LogP contribution in [0.2, 0.25) is 0 Å². The topological polar surface area (TPSA) is 107 Å². The molecule has 9 heteroatoms. The average Bonchev–Trinajstić information content (AvgIpc) is 3.40. The van der Waals surface area contributed by atoms with Crippen LogP contribution < -0.4 is 10.1 Å². The van der Waals surface area contributed by atoms with Crippen molar-refractivity contribution in [1.82, 2.24) is 15.2 Å². The van der Waals surface area contributed by atoms with Crippen molar-refractivity contribution in [3.8, 4) is 17.0 Å². The van der Waals surface area contributed by atoms with Gasteiger partial charge in [0, 0.05) is 23.4 Å². The van der Waals surface area contributed by atoms with Crippen LogP contribution in [0.3, 0.4) is 0 Å². The Morgan fingerprint density at radius 2 is 1.82 bits per heavy atom. The Morgan fingerprint density at radius 3 is 2.65 bits per heavy atom. The van der Waals surface area contributed by atoms with Gasteiger partial charge in [0.25, 0.3) is 0 Å². The number of rotatable bonds is 2. The summed E-state index contributed by atoms with van der Waals surface area (Å²) in [7, 11) is 1.30. The van der Waals surface area contributed by atoms with Crippen LogP contribution in [0, 0.1) is 0 Å². The number of hydrogen-bond donors (Lipinski definition) is 1. The Labute approximate surface area is 233 Å². The normalized spacial score (nSPS) is 20.9. The van der Waals surface area contributed by atoms with Crippen molar-refractivity contribution in [2.24, 2.45) is 0 Å². The van der Waals surface area contributed by atoms with E-state index >= 15 is 0 Å². The molecule has 1 fully saturated rings. The number of hydrogen-bond acceptors (Lipinski definition) is 7. The molecule has 0 radical (unpaired) electrons. The molecule has 1 saturated heterocycles. The second-order valence-corrected chi connectivity index (χ2v) is 10.3. The Balaban J connectivity index is 1.49. The molecule has 5 rings (SSSR count). The van der Waals surface area contributed by atoms with Crippen molar-refractivity contribution in [1.29, 1.82) is 0 Å². The van der Waals surface area contributed by atoms with Gasteiger partial charge in [-0.3, -0.25) is 4.79 Å². The summed E-state index contributed by atoms with van der Waals surface area (Å²) in [5.41, 5.74) is 3.77. The predicted molar refractivity (Wildman–Crippen MR) is 150 cm³/mol. The smallest absolute Gasteiger partial charge is 0.407 e. The predicted octanol–water partition coefficient (Wildman–Crippen LogP) is 4.66. The first kappa shape index (κ1) is 27.4. The maximum absolute atomic E-state index is 13.1. The highest BCUT2D eigenvalue weighted by molar-refractivity contribution is 5.89. The van der Waals surface area contributed by atoms with Crippen LogP contribution in [0.1, 0.15) is 44.1 Å². The SMILES string of the molecule is COC(=O)[C@@H]1C[C@@H]2CN1C(=O)CNC(=O)OCCCCCCCc1ccc3nc(-c4ccccc4)cc(c3c1)O2. The van der Waals surface area contributed by atoms with Gasteiger partial charge in [0.15, 0.2) is 0 Å². The van der Waals surface area contributed by atoms with Crippen LogP contribution in [0.5, 0.6) is 5.75 Å². The Kier molecular flexibility index (Phi) is 8.78. The number of carbonyl (C=O) groups is 3. The van der Waals surface area contributed by atoms with Crippen molar-refractivity contribution in [2.45, 2.75) is 57.1 Å². The van der Waals surface area contributed by atoms with E-state index in [4.69, 9.17) is 19.2 Å². The molecule has 0 saturated carbocycles. The van der Waals surface area contributed by atoms with E-state index in [9.17, 15) is 14.4 Å². The Hall–Kier alpha value is -4.14. The second-order valence-electron chi connectivity index (χ2n) is 10.3. The van der Waals surface area contributed by atoms with E-state index in [0.29, 0.717) is 12.4 Å². The van der Waals surface area contributed by atoms with E-state index in [2.05, 4.69) is 17.4 Å². The third-order valence-electron chi connectivity index (χ3n) is 7.48. The van der Waals surface area contributed by atoms with Crippen LogP contribution >= 0.6 is 0 Å². The molecule has 0 spiro atoms. The number of carbonyl (C=O) groups excluding carboxylic acids is 3. The molecule has 2 atom stereocenters. The highest BCUT2D eigenvalue weighted by atomic mass is 16.5. The monoisotopic (exact) mass is 545 g/mol. The highest BCUT2D eigenvalue weighted by Crippen LogP contribution is 2.34. The number of pyridine rings is 1. The standard InChI is InChI=1S/C31H35N3O6/c1-38-30(36)27-17-23-20-34(27)29(35)19-32-31(37)39-15-9-4-2-3-6-10-21-13-14-25-24(16-21)28(40-23)18-26(33-25)22-11-7-5-8-12-22/h5,7-8,11-14,16,18,23,27H,2-4,6,9-10,15,17,19-20H2,1H3,(H,32,37)/t23-,27+/m1/s1. The lowest BCUT2D eigenvalue weighted by Crippen LogP contribution is -2.46. The number of esters is 1. The van der Waals surface area contributed by atoms with Gasteiger partial charge < -0.3 is 24.4 Å². The summed E-state index contributed by atoms with van der Waals surface area (Å²) < 4.78 is 16.8. The summed E-state index contributed by atoms with van der Waals surface area (Å²) in [5.74, 6) is -0.267. The molecule has 4 bridgehead atoms. The lowest BCUT2D eigenvalue weighted by molar-refractivity contribution is -0.150. The first-order valence-electron chi connectivity index (χ1n) is 14.0. The van der Waals surface area contributed by atoms with Gasteiger partial charge in [-0.2, -0.15) is 0 Å². The van der Waals surface area contributed by atoms with E-state index in [0.717, 1.165) is 60.7 Å². The molecule has 0 unspecified atom stereocenters. The fourth-order valence-electron chi connectivity index (χ4n) is 5.38. The fourth-order valence-corrected chi connectivity index (χ4v) is 5.38. The summed E-state index contributed by atoms with van der Waals surface area (Å²) in [6, 6.07) is 17.3. The number of cyclic esters (lactones) is 1. The number of aromatic nitrogens is 1. The van der Waals surface area contributed by atoms with E-state index in [-0.39, 0.29) is 19.5 Å². The number of benzene rings is 2. The molecule has 1 N–H and O–H groups in total. The molecule has 0 aliphatic carbocycles. The maximum atomic E-state index is 13.1. The molecule has 2 aromatic carbocycles. The minimum absolute atomic E-state index is 0.180. The summed E-state index contributed by atoms with van der Waals surface area (Å²) >= 11 is 0. The first-order valence-corrected chi connectivity index (χ1v) is 14.0. The quantitative estimate of drug-likeness (QED) is 0.467. The van der Waals surface area contributed by atoms with Gasteiger partial charge >= 0.3 is 12.1 Å². The van der Waals surface area contributed by atoms with Gasteiger partial charge in [0.1, 0.15) is 24.4 Å². The molecular formula is C31H35N3O6. The number of aryl methyl sites for hydroxylation is 1. The number of nitrogens with one attached hydrogen (secondary N) is 1. The number of ether oxygens (including phenoxy) is 3. The number of amides is 2. The number of fused-ring (bicyclic) bond motifs is 3. The van der Waals surface area contributed by atoms with Crippen LogP contribution in [0.4, 0.5) is 4.79 Å². The molecule has 2 aliphatic rings. The van der Waals surface area contributed by atoms with Gasteiger partial charge in [0.2, 0.25) is 5.91 Å². The van der Waals surface area contributed by atoms with Gasteiger partial charge in [-0.25, -0.2) is 14.6 Å². The van der Waals surface area contributed by atoms with Crippen molar-refractivity contribution in [3.05, 3.63) is 60.2 Å². The van der Waals surface area contributed by atoms with E-state index in [1.165, 1.54) is 17.6 Å². The molecule has 9 nitrogen and oxygen atoms in total. The largest absolute Gasteiger partial charge is 0.488 e. The molecule has 3 aromatic rings.